The van der Waals surface area contributed by atoms with E-state index in [4.69, 9.17) is 0 Å². The van der Waals surface area contributed by atoms with Crippen molar-refractivity contribution in [1.82, 2.24) is 9.80 Å². The van der Waals surface area contributed by atoms with Gasteiger partial charge < -0.3 is 4.90 Å². The Morgan fingerprint density at radius 2 is 1.83 bits per heavy atom. The number of amides is 3. The lowest BCUT2D eigenvalue weighted by molar-refractivity contribution is -0.138. The number of carbonyl (C=O) groups excluding carboxylic acids is 3. The molecule has 1 aromatic carbocycles. The molecule has 124 valence electrons. The van der Waals surface area contributed by atoms with E-state index in [-0.39, 0.29) is 23.6 Å². The highest BCUT2D eigenvalue weighted by atomic mass is 16.2. The minimum absolute atomic E-state index is 0.0604. The number of benzene rings is 1. The summed E-state index contributed by atoms with van der Waals surface area (Å²) in [5.41, 5.74) is 1.23. The zero-order chi connectivity index (χ0) is 17.1. The Bertz CT molecular complexity index is 701. The Kier molecular flexibility index (Phi) is 4.60. The van der Waals surface area contributed by atoms with Crippen LogP contribution in [0.3, 0.4) is 0 Å². The van der Waals surface area contributed by atoms with E-state index in [1.807, 2.05) is 30.3 Å². The van der Waals surface area contributed by atoms with Crippen molar-refractivity contribution in [3.8, 4) is 0 Å². The van der Waals surface area contributed by atoms with E-state index in [9.17, 15) is 14.4 Å². The molecule has 0 N–H and O–H groups in total. The van der Waals surface area contributed by atoms with Gasteiger partial charge in [-0.1, -0.05) is 36.9 Å². The Hall–Kier alpha value is -2.69. The largest absolute Gasteiger partial charge is 0.339 e. The van der Waals surface area contributed by atoms with Crippen LogP contribution in [-0.4, -0.2) is 47.2 Å². The number of nitrogens with zero attached hydrogens (tertiary/aromatic N) is 2. The maximum atomic E-state index is 12.6. The van der Waals surface area contributed by atoms with Gasteiger partial charge in [-0.25, -0.2) is 0 Å². The standard InChI is InChI=1S/C19H20N2O3/c1-2-17(22)20-10-8-14(9-11-20)13-21-18(23)12-16(19(21)24)15-6-4-3-5-7-15/h2-7,12,14H,1,8-11,13H2. The fourth-order valence-electron chi connectivity index (χ4n) is 3.23. The Morgan fingerprint density at radius 1 is 1.17 bits per heavy atom. The second-order valence-electron chi connectivity index (χ2n) is 6.15. The first-order chi connectivity index (χ1) is 11.6. The molecule has 2 heterocycles. The van der Waals surface area contributed by atoms with Gasteiger partial charge in [0.15, 0.2) is 0 Å². The first-order valence-corrected chi connectivity index (χ1v) is 8.14. The van der Waals surface area contributed by atoms with Crippen LogP contribution in [0.15, 0.2) is 49.1 Å². The van der Waals surface area contributed by atoms with Crippen LogP contribution >= 0.6 is 0 Å². The topological polar surface area (TPSA) is 57.7 Å². The Morgan fingerprint density at radius 3 is 2.46 bits per heavy atom. The summed E-state index contributed by atoms with van der Waals surface area (Å²) >= 11 is 0. The fraction of sp³-hybridized carbons (Fsp3) is 0.316. The summed E-state index contributed by atoms with van der Waals surface area (Å²) in [7, 11) is 0. The summed E-state index contributed by atoms with van der Waals surface area (Å²) in [5, 5.41) is 0. The number of piperidine rings is 1. The molecular weight excluding hydrogens is 304 g/mol. The molecule has 1 aromatic rings. The van der Waals surface area contributed by atoms with Gasteiger partial charge in [0.2, 0.25) is 5.91 Å². The molecule has 3 rings (SSSR count). The number of hydrogen-bond acceptors (Lipinski definition) is 3. The van der Waals surface area contributed by atoms with Crippen LogP contribution in [-0.2, 0) is 14.4 Å². The third-order valence-electron chi connectivity index (χ3n) is 4.64. The lowest BCUT2D eigenvalue weighted by Crippen LogP contribution is -2.42. The van der Waals surface area contributed by atoms with E-state index in [0.717, 1.165) is 18.4 Å². The highest BCUT2D eigenvalue weighted by molar-refractivity contribution is 6.33. The van der Waals surface area contributed by atoms with Crippen LogP contribution in [0.1, 0.15) is 18.4 Å². The van der Waals surface area contributed by atoms with Gasteiger partial charge >= 0.3 is 0 Å². The van der Waals surface area contributed by atoms with Crippen LogP contribution in [0.4, 0.5) is 0 Å². The minimum Gasteiger partial charge on any atom is -0.339 e. The molecule has 0 spiro atoms. The van der Waals surface area contributed by atoms with Gasteiger partial charge in [-0.05, 0) is 30.4 Å². The molecule has 1 fully saturated rings. The summed E-state index contributed by atoms with van der Waals surface area (Å²) in [6, 6.07) is 9.24. The second kappa shape index (κ2) is 6.83. The third-order valence-corrected chi connectivity index (χ3v) is 4.64. The van der Waals surface area contributed by atoms with Crippen LogP contribution in [0.5, 0.6) is 0 Å². The quantitative estimate of drug-likeness (QED) is 0.627. The van der Waals surface area contributed by atoms with E-state index >= 15 is 0 Å². The van der Waals surface area contributed by atoms with E-state index in [2.05, 4.69) is 6.58 Å². The highest BCUT2D eigenvalue weighted by Gasteiger charge is 2.34. The van der Waals surface area contributed by atoms with Crippen molar-refractivity contribution in [2.45, 2.75) is 12.8 Å². The van der Waals surface area contributed by atoms with Gasteiger partial charge in [0.25, 0.3) is 11.8 Å². The average molecular weight is 324 g/mol. The van der Waals surface area contributed by atoms with E-state index < -0.39 is 0 Å². The monoisotopic (exact) mass is 324 g/mol. The Labute approximate surface area is 141 Å². The molecule has 24 heavy (non-hydrogen) atoms. The lowest BCUT2D eigenvalue weighted by Gasteiger charge is -2.32. The maximum Gasteiger partial charge on any atom is 0.261 e. The Balaban J connectivity index is 1.62. The molecule has 0 saturated carbocycles. The van der Waals surface area contributed by atoms with Gasteiger partial charge in [0, 0.05) is 25.7 Å². The van der Waals surface area contributed by atoms with Crippen LogP contribution in [0.2, 0.25) is 0 Å². The third kappa shape index (κ3) is 3.15. The normalized spacial score (nSPS) is 18.8. The molecule has 5 heteroatoms. The van der Waals surface area contributed by atoms with Gasteiger partial charge in [-0.3, -0.25) is 19.3 Å². The number of carbonyl (C=O) groups is 3. The molecule has 2 aliphatic rings. The molecule has 3 amide bonds. The first-order valence-electron chi connectivity index (χ1n) is 8.14. The first kappa shape index (κ1) is 16.2. The molecular formula is C19H20N2O3. The van der Waals surface area contributed by atoms with Gasteiger partial charge in [-0.15, -0.1) is 0 Å². The van der Waals surface area contributed by atoms with E-state index in [1.54, 1.807) is 4.90 Å². The van der Waals surface area contributed by atoms with Crippen molar-refractivity contribution in [1.29, 1.82) is 0 Å². The summed E-state index contributed by atoms with van der Waals surface area (Å²) in [6.07, 6.45) is 4.33. The second-order valence-corrected chi connectivity index (χ2v) is 6.15. The predicted molar refractivity (Wildman–Crippen MR) is 90.6 cm³/mol. The molecule has 0 radical (unpaired) electrons. The van der Waals surface area contributed by atoms with Crippen molar-refractivity contribution < 1.29 is 14.4 Å². The predicted octanol–water partition coefficient (Wildman–Crippen LogP) is 1.86. The van der Waals surface area contributed by atoms with E-state index in [1.165, 1.54) is 17.1 Å². The van der Waals surface area contributed by atoms with Gasteiger partial charge in [0.05, 0.1) is 5.57 Å². The van der Waals surface area contributed by atoms with E-state index in [0.29, 0.717) is 25.2 Å². The number of likely N-dealkylation sites (tertiary alicyclic amines) is 1. The van der Waals surface area contributed by atoms with Crippen molar-refractivity contribution in [3.63, 3.8) is 0 Å². The van der Waals surface area contributed by atoms with Crippen LogP contribution in [0, 0.1) is 5.92 Å². The SMILES string of the molecule is C=CC(=O)N1CCC(CN2C(=O)C=C(c3ccccc3)C2=O)CC1. The molecule has 0 atom stereocenters. The number of rotatable bonds is 4. The molecule has 1 saturated heterocycles. The smallest absolute Gasteiger partial charge is 0.261 e. The van der Waals surface area contributed by atoms with Crippen molar-refractivity contribution >= 4 is 23.3 Å². The summed E-state index contributed by atoms with van der Waals surface area (Å²) in [5.74, 6) is -0.302. The maximum absolute atomic E-state index is 12.6. The van der Waals surface area contributed by atoms with Crippen molar-refractivity contribution in [2.24, 2.45) is 5.92 Å². The summed E-state index contributed by atoms with van der Waals surface area (Å²) in [6.45, 7) is 5.20. The molecule has 0 aliphatic carbocycles. The average Bonchev–Trinajstić information content (AvgIpc) is 2.90. The zero-order valence-corrected chi connectivity index (χ0v) is 13.5. The van der Waals surface area contributed by atoms with Crippen LogP contribution < -0.4 is 0 Å². The molecule has 5 nitrogen and oxygen atoms in total. The lowest BCUT2D eigenvalue weighted by atomic mass is 9.96. The fourth-order valence-corrected chi connectivity index (χ4v) is 3.23. The molecule has 0 bridgehead atoms. The number of imide groups is 1. The van der Waals surface area contributed by atoms with Crippen molar-refractivity contribution in [2.75, 3.05) is 19.6 Å². The van der Waals surface area contributed by atoms with Crippen LogP contribution in [0.25, 0.3) is 5.57 Å². The number of hydrogen-bond donors (Lipinski definition) is 0. The highest BCUT2D eigenvalue weighted by Crippen LogP contribution is 2.26. The molecule has 0 aromatic heterocycles. The minimum atomic E-state index is -0.247. The van der Waals surface area contributed by atoms with Gasteiger partial charge in [-0.2, -0.15) is 0 Å². The summed E-state index contributed by atoms with van der Waals surface area (Å²) < 4.78 is 0. The molecule has 2 aliphatic heterocycles. The van der Waals surface area contributed by atoms with Gasteiger partial charge in [0.1, 0.15) is 0 Å². The molecule has 0 unspecified atom stereocenters. The zero-order valence-electron chi connectivity index (χ0n) is 13.5. The summed E-state index contributed by atoms with van der Waals surface area (Å²) in [4.78, 5) is 39.5. The van der Waals surface area contributed by atoms with Crippen molar-refractivity contribution in [3.05, 3.63) is 54.6 Å².